The Balaban J connectivity index is 1.63. The first kappa shape index (κ1) is 26.5. The minimum absolute atomic E-state index is 0.0605. The molecule has 0 unspecified atom stereocenters. The number of sulfone groups is 1. The largest absolute Gasteiger partial charge is 0.363 e. The lowest BCUT2D eigenvalue weighted by atomic mass is 9.91. The Hall–Kier alpha value is -1.12. The maximum Gasteiger partial charge on any atom is 0.262 e. The van der Waals surface area contributed by atoms with Crippen LogP contribution < -0.4 is 15.5 Å². The molecule has 182 valence electrons. The zero-order chi connectivity index (χ0) is 24.3. The summed E-state index contributed by atoms with van der Waals surface area (Å²) in [6.45, 7) is 3.34. The molecule has 0 saturated heterocycles. The quantitative estimate of drug-likeness (QED) is 0.332. The first-order valence-corrected chi connectivity index (χ1v) is 15.4. The third kappa shape index (κ3) is 6.12. The number of carbonyl (C=O) groups excluding carboxylic acids is 1. The number of thiophene rings is 1. The molecular weight excluding hydrogens is 593 g/mol. The van der Waals surface area contributed by atoms with Crippen LogP contribution in [0.25, 0.3) is 0 Å². The van der Waals surface area contributed by atoms with Crippen LogP contribution in [-0.4, -0.2) is 62.0 Å². The molecule has 3 rings (SSSR count). The monoisotopic (exact) mass is 623 g/mol. The molecule has 2 aromatic rings. The third-order valence-electron chi connectivity index (χ3n) is 5.57. The van der Waals surface area contributed by atoms with Gasteiger partial charge in [-0.3, -0.25) is 4.79 Å². The van der Waals surface area contributed by atoms with Crippen molar-refractivity contribution in [3.8, 4) is 0 Å². The first-order valence-electron chi connectivity index (χ1n) is 10.7. The molecule has 2 N–H and O–H groups in total. The van der Waals surface area contributed by atoms with E-state index in [4.69, 9.17) is 0 Å². The molecule has 12 heteroatoms. The summed E-state index contributed by atoms with van der Waals surface area (Å²) < 4.78 is 26.9. The number of rotatable bonds is 8. The van der Waals surface area contributed by atoms with Crippen LogP contribution in [0.1, 0.15) is 49.2 Å². The SMILES string of the molecule is CSc1sc(C(=O)NC2CCC(Nc3nccc(N(C)C)n3)CC2)c(I)c1S(=O)(=O)C(C)C. The lowest BCUT2D eigenvalue weighted by Gasteiger charge is -2.29. The van der Waals surface area contributed by atoms with Gasteiger partial charge in [-0.05, 0) is 74.4 Å². The molecule has 8 nitrogen and oxygen atoms in total. The topological polar surface area (TPSA) is 104 Å². The van der Waals surface area contributed by atoms with E-state index < -0.39 is 15.1 Å². The number of nitrogens with zero attached hydrogens (tertiary/aromatic N) is 3. The van der Waals surface area contributed by atoms with Gasteiger partial charge in [0.05, 0.1) is 13.0 Å². The highest BCUT2D eigenvalue weighted by Gasteiger charge is 2.32. The maximum absolute atomic E-state index is 13.0. The number of hydrogen-bond acceptors (Lipinski definition) is 9. The van der Waals surface area contributed by atoms with Gasteiger partial charge in [0.25, 0.3) is 5.91 Å². The van der Waals surface area contributed by atoms with Gasteiger partial charge in [-0.15, -0.1) is 23.1 Å². The van der Waals surface area contributed by atoms with Gasteiger partial charge in [0.1, 0.15) is 15.6 Å². The molecule has 1 aliphatic rings. The van der Waals surface area contributed by atoms with E-state index in [1.807, 2.05) is 53.9 Å². The Morgan fingerprint density at radius 2 is 1.88 bits per heavy atom. The van der Waals surface area contributed by atoms with Crippen LogP contribution in [0.5, 0.6) is 0 Å². The number of thioether (sulfide) groups is 1. The van der Waals surface area contributed by atoms with E-state index >= 15 is 0 Å². The summed E-state index contributed by atoms with van der Waals surface area (Å²) in [6.07, 6.45) is 7.05. The van der Waals surface area contributed by atoms with E-state index in [-0.39, 0.29) is 18.0 Å². The molecule has 0 radical (unpaired) electrons. The molecule has 33 heavy (non-hydrogen) atoms. The van der Waals surface area contributed by atoms with Crippen molar-refractivity contribution < 1.29 is 13.2 Å². The molecule has 0 atom stereocenters. The standard InChI is InChI=1S/C21H30IN5O3S3/c1-12(2)33(29,30)18-16(22)17(32-20(18)31-5)19(28)24-13-6-8-14(9-7-13)25-21-23-11-10-15(26-21)27(3)4/h10-14H,6-9H2,1-5H3,(H,24,28)(H,23,25,26). The van der Waals surface area contributed by atoms with Crippen molar-refractivity contribution in [1.82, 2.24) is 15.3 Å². The summed E-state index contributed by atoms with van der Waals surface area (Å²) in [7, 11) is 0.422. The summed E-state index contributed by atoms with van der Waals surface area (Å²) >= 11 is 4.64. The number of hydrogen-bond donors (Lipinski definition) is 2. The highest BCUT2D eigenvalue weighted by Crippen LogP contribution is 2.40. The molecular formula is C21H30IN5O3S3. The molecule has 0 aliphatic heterocycles. The lowest BCUT2D eigenvalue weighted by molar-refractivity contribution is 0.0929. The van der Waals surface area contributed by atoms with Gasteiger partial charge >= 0.3 is 0 Å². The zero-order valence-corrected chi connectivity index (χ0v) is 24.0. The Labute approximate surface area is 217 Å². The minimum atomic E-state index is -3.46. The minimum Gasteiger partial charge on any atom is -0.363 e. The van der Waals surface area contributed by atoms with Gasteiger partial charge < -0.3 is 15.5 Å². The molecule has 0 spiro atoms. The van der Waals surface area contributed by atoms with Crippen molar-refractivity contribution in [2.45, 2.75) is 66.0 Å². The summed E-state index contributed by atoms with van der Waals surface area (Å²) in [5.74, 6) is 1.27. The molecule has 0 aromatic carbocycles. The second-order valence-electron chi connectivity index (χ2n) is 8.46. The number of amides is 1. The van der Waals surface area contributed by atoms with E-state index in [9.17, 15) is 13.2 Å². The van der Waals surface area contributed by atoms with Gasteiger partial charge in [-0.25, -0.2) is 13.4 Å². The van der Waals surface area contributed by atoms with Crippen molar-refractivity contribution in [1.29, 1.82) is 0 Å². The van der Waals surface area contributed by atoms with Crippen LogP contribution >= 0.6 is 45.7 Å². The van der Waals surface area contributed by atoms with Gasteiger partial charge in [0.15, 0.2) is 9.84 Å². The summed E-state index contributed by atoms with van der Waals surface area (Å²) in [4.78, 5) is 24.6. The number of nitrogens with one attached hydrogen (secondary N) is 2. The number of carbonyl (C=O) groups is 1. The van der Waals surface area contributed by atoms with Crippen LogP contribution in [0.3, 0.4) is 0 Å². The molecule has 1 saturated carbocycles. The third-order valence-corrected chi connectivity index (χ3v) is 12.2. The normalized spacial score (nSPS) is 18.9. The van der Waals surface area contributed by atoms with Crippen LogP contribution in [0.4, 0.5) is 11.8 Å². The first-order chi connectivity index (χ1) is 15.5. The Kier molecular flexibility index (Phi) is 8.89. The fourth-order valence-corrected chi connectivity index (χ4v) is 9.54. The predicted octanol–water partition coefficient (Wildman–Crippen LogP) is 4.27. The summed E-state index contributed by atoms with van der Waals surface area (Å²) in [6, 6.07) is 2.18. The number of aromatic nitrogens is 2. The van der Waals surface area contributed by atoms with E-state index in [0.717, 1.165) is 31.5 Å². The van der Waals surface area contributed by atoms with E-state index in [2.05, 4.69) is 20.6 Å². The molecule has 1 amide bonds. The van der Waals surface area contributed by atoms with Crippen LogP contribution in [0.2, 0.25) is 0 Å². The molecule has 1 aliphatic carbocycles. The van der Waals surface area contributed by atoms with Crippen LogP contribution in [0, 0.1) is 3.57 Å². The fourth-order valence-electron chi connectivity index (χ4n) is 3.62. The second kappa shape index (κ2) is 11.1. The second-order valence-corrected chi connectivity index (χ2v) is 14.1. The Morgan fingerprint density at radius 3 is 2.45 bits per heavy atom. The smallest absolute Gasteiger partial charge is 0.262 e. The number of halogens is 1. The molecule has 1 fully saturated rings. The summed E-state index contributed by atoms with van der Waals surface area (Å²) in [5.41, 5.74) is 0. The van der Waals surface area contributed by atoms with Gasteiger partial charge in [-0.2, -0.15) is 4.98 Å². The van der Waals surface area contributed by atoms with E-state index in [1.165, 1.54) is 23.1 Å². The van der Waals surface area contributed by atoms with E-state index in [1.54, 1.807) is 20.0 Å². The maximum atomic E-state index is 13.0. The van der Waals surface area contributed by atoms with Crippen molar-refractivity contribution >= 4 is 73.2 Å². The van der Waals surface area contributed by atoms with Crippen LogP contribution in [-0.2, 0) is 9.84 Å². The number of anilines is 2. The predicted molar refractivity (Wildman–Crippen MR) is 145 cm³/mol. The molecule has 0 bridgehead atoms. The van der Waals surface area contributed by atoms with Crippen molar-refractivity contribution in [2.75, 3.05) is 30.6 Å². The fraction of sp³-hybridized carbons (Fsp3) is 0.571. The van der Waals surface area contributed by atoms with E-state index in [0.29, 0.717) is 23.5 Å². The van der Waals surface area contributed by atoms with Gasteiger partial charge in [-0.1, -0.05) is 0 Å². The molecule has 2 heterocycles. The highest BCUT2D eigenvalue weighted by molar-refractivity contribution is 14.1. The average molecular weight is 624 g/mol. The van der Waals surface area contributed by atoms with Gasteiger partial charge in [0.2, 0.25) is 5.95 Å². The Bertz CT molecular complexity index is 1100. The van der Waals surface area contributed by atoms with Crippen LogP contribution in [0.15, 0.2) is 21.4 Å². The lowest BCUT2D eigenvalue weighted by Crippen LogP contribution is -2.40. The van der Waals surface area contributed by atoms with Crippen molar-refractivity contribution in [3.05, 3.63) is 20.7 Å². The molecule has 2 aromatic heterocycles. The highest BCUT2D eigenvalue weighted by atomic mass is 127. The van der Waals surface area contributed by atoms with Gasteiger partial charge in [0, 0.05) is 32.4 Å². The van der Waals surface area contributed by atoms with Crippen molar-refractivity contribution in [3.63, 3.8) is 0 Å². The summed E-state index contributed by atoms with van der Waals surface area (Å²) in [5, 5.41) is 6.00. The zero-order valence-electron chi connectivity index (χ0n) is 19.4. The Morgan fingerprint density at radius 1 is 1.24 bits per heavy atom. The average Bonchev–Trinajstić information content (AvgIpc) is 3.12. The van der Waals surface area contributed by atoms with Crippen molar-refractivity contribution in [2.24, 2.45) is 0 Å².